The molecule has 0 bridgehead atoms. The van der Waals surface area contributed by atoms with Crippen molar-refractivity contribution in [3.8, 4) is 0 Å². The molecule has 1 aromatic rings. The molecule has 0 aromatic carbocycles. The van der Waals surface area contributed by atoms with Gasteiger partial charge in [0.15, 0.2) is 5.78 Å². The SMILES string of the molecule is [N-]=[N+]=NCCCC(=O)c1ccccn1. The quantitative estimate of drug-likeness (QED) is 0.235. The molecule has 0 fully saturated rings. The van der Waals surface area contributed by atoms with Gasteiger partial charge in [0, 0.05) is 24.1 Å². The number of carbonyl (C=O) groups excluding carboxylic acids is 1. The fourth-order valence-corrected chi connectivity index (χ4v) is 1.01. The predicted octanol–water partition coefficient (Wildman–Crippen LogP) is 2.35. The molecule has 1 aromatic heterocycles. The van der Waals surface area contributed by atoms with E-state index >= 15 is 0 Å². The maximum Gasteiger partial charge on any atom is 0.181 e. The number of Topliss-reactive ketones (excluding diaryl/α,β-unsaturated/α-hetero) is 1. The van der Waals surface area contributed by atoms with Crippen molar-refractivity contribution in [3.63, 3.8) is 0 Å². The number of pyridine rings is 1. The minimum atomic E-state index is -0.0151. The van der Waals surface area contributed by atoms with Crippen LogP contribution in [0.1, 0.15) is 23.3 Å². The van der Waals surface area contributed by atoms with E-state index in [1.165, 1.54) is 0 Å². The van der Waals surface area contributed by atoms with Gasteiger partial charge >= 0.3 is 0 Å². The third-order valence-electron chi connectivity index (χ3n) is 1.68. The Balaban J connectivity index is 2.40. The van der Waals surface area contributed by atoms with Crippen LogP contribution >= 0.6 is 0 Å². The second-order valence-corrected chi connectivity index (χ2v) is 2.70. The van der Waals surface area contributed by atoms with E-state index in [0.29, 0.717) is 25.1 Å². The first-order valence-corrected chi connectivity index (χ1v) is 4.29. The molecule has 1 rings (SSSR count). The minimum absolute atomic E-state index is 0.0151. The van der Waals surface area contributed by atoms with E-state index in [0.717, 1.165) is 0 Å². The molecule has 0 saturated heterocycles. The van der Waals surface area contributed by atoms with E-state index in [1.54, 1.807) is 24.4 Å². The summed E-state index contributed by atoms with van der Waals surface area (Å²) in [5.74, 6) is -0.0151. The van der Waals surface area contributed by atoms with Crippen molar-refractivity contribution in [2.75, 3.05) is 6.54 Å². The lowest BCUT2D eigenvalue weighted by Gasteiger charge is -1.96. The molecule has 0 N–H and O–H groups in total. The summed E-state index contributed by atoms with van der Waals surface area (Å²) in [5.41, 5.74) is 8.48. The summed E-state index contributed by atoms with van der Waals surface area (Å²) in [6.45, 7) is 0.356. The maximum atomic E-state index is 11.4. The normalized spacial score (nSPS) is 9.14. The molecular weight excluding hydrogens is 180 g/mol. The second kappa shape index (κ2) is 5.72. The molecule has 0 saturated carbocycles. The van der Waals surface area contributed by atoms with Gasteiger partial charge in [-0.05, 0) is 24.1 Å². The molecule has 0 radical (unpaired) electrons. The maximum absolute atomic E-state index is 11.4. The number of aromatic nitrogens is 1. The van der Waals surface area contributed by atoms with Gasteiger partial charge < -0.3 is 0 Å². The number of carbonyl (C=O) groups is 1. The molecule has 5 nitrogen and oxygen atoms in total. The minimum Gasteiger partial charge on any atom is -0.292 e. The zero-order valence-electron chi connectivity index (χ0n) is 7.63. The van der Waals surface area contributed by atoms with Crippen molar-refractivity contribution in [3.05, 3.63) is 40.5 Å². The average molecular weight is 190 g/mol. The van der Waals surface area contributed by atoms with Gasteiger partial charge in [0.1, 0.15) is 5.69 Å². The Morgan fingerprint density at radius 3 is 3.07 bits per heavy atom. The molecule has 0 spiro atoms. The monoisotopic (exact) mass is 190 g/mol. The number of hydrogen-bond donors (Lipinski definition) is 0. The first-order valence-electron chi connectivity index (χ1n) is 4.29. The van der Waals surface area contributed by atoms with Crippen LogP contribution in [0, 0.1) is 0 Å². The molecule has 0 atom stereocenters. The Labute approximate surface area is 81.4 Å². The van der Waals surface area contributed by atoms with E-state index in [9.17, 15) is 4.79 Å². The highest BCUT2D eigenvalue weighted by Gasteiger charge is 2.04. The molecule has 0 aliphatic rings. The van der Waals surface area contributed by atoms with Gasteiger partial charge in [0.05, 0.1) is 0 Å². The summed E-state index contributed by atoms with van der Waals surface area (Å²) in [6, 6.07) is 5.21. The Kier molecular flexibility index (Phi) is 4.17. The van der Waals surface area contributed by atoms with Crippen molar-refractivity contribution >= 4 is 5.78 Å². The Bertz CT molecular complexity index is 343. The van der Waals surface area contributed by atoms with Gasteiger partial charge in [-0.3, -0.25) is 9.78 Å². The van der Waals surface area contributed by atoms with Crippen LogP contribution in [0.5, 0.6) is 0 Å². The van der Waals surface area contributed by atoms with Crippen LogP contribution in [-0.2, 0) is 0 Å². The van der Waals surface area contributed by atoms with Crippen LogP contribution in [0.4, 0.5) is 0 Å². The third-order valence-corrected chi connectivity index (χ3v) is 1.68. The molecule has 5 heteroatoms. The molecule has 0 aliphatic carbocycles. The standard InChI is InChI=1S/C9H10N4O/c10-13-12-7-3-5-9(14)8-4-1-2-6-11-8/h1-2,4,6H,3,5,7H2. The molecule has 72 valence electrons. The Hall–Kier alpha value is -1.87. The topological polar surface area (TPSA) is 78.7 Å². The summed E-state index contributed by atoms with van der Waals surface area (Å²) in [7, 11) is 0. The third kappa shape index (κ3) is 3.25. The van der Waals surface area contributed by atoms with E-state index in [2.05, 4.69) is 15.0 Å². The van der Waals surface area contributed by atoms with Crippen LogP contribution in [0.3, 0.4) is 0 Å². The van der Waals surface area contributed by atoms with Crippen molar-refractivity contribution < 1.29 is 4.79 Å². The van der Waals surface area contributed by atoms with Crippen molar-refractivity contribution in [2.24, 2.45) is 5.11 Å². The van der Waals surface area contributed by atoms with Gasteiger partial charge in [-0.2, -0.15) is 0 Å². The second-order valence-electron chi connectivity index (χ2n) is 2.70. The van der Waals surface area contributed by atoms with Gasteiger partial charge in [-0.1, -0.05) is 11.2 Å². The van der Waals surface area contributed by atoms with Crippen LogP contribution in [-0.4, -0.2) is 17.3 Å². The fraction of sp³-hybridized carbons (Fsp3) is 0.333. The summed E-state index contributed by atoms with van der Waals surface area (Å²) >= 11 is 0. The van der Waals surface area contributed by atoms with Gasteiger partial charge in [-0.25, -0.2) is 0 Å². The van der Waals surface area contributed by atoms with Gasteiger partial charge in [0.2, 0.25) is 0 Å². The molecule has 14 heavy (non-hydrogen) atoms. The van der Waals surface area contributed by atoms with E-state index in [1.807, 2.05) is 0 Å². The first kappa shape index (κ1) is 10.2. The van der Waals surface area contributed by atoms with Crippen LogP contribution < -0.4 is 0 Å². The lowest BCUT2D eigenvalue weighted by molar-refractivity contribution is 0.0976. The highest BCUT2D eigenvalue weighted by Crippen LogP contribution is 2.01. The zero-order chi connectivity index (χ0) is 10.2. The van der Waals surface area contributed by atoms with E-state index in [-0.39, 0.29) is 5.78 Å². The number of rotatable bonds is 5. The fourth-order valence-electron chi connectivity index (χ4n) is 1.01. The average Bonchev–Trinajstić information content (AvgIpc) is 2.25. The van der Waals surface area contributed by atoms with E-state index in [4.69, 9.17) is 5.53 Å². The van der Waals surface area contributed by atoms with Crippen LogP contribution in [0.15, 0.2) is 29.5 Å². The molecule has 0 aliphatic heterocycles. The lowest BCUT2D eigenvalue weighted by Crippen LogP contribution is -2.01. The summed E-state index contributed by atoms with van der Waals surface area (Å²) in [6.07, 6.45) is 2.52. The van der Waals surface area contributed by atoms with Crippen LogP contribution in [0.2, 0.25) is 0 Å². The summed E-state index contributed by atoms with van der Waals surface area (Å²) in [5, 5.41) is 3.35. The van der Waals surface area contributed by atoms with E-state index < -0.39 is 0 Å². The Morgan fingerprint density at radius 1 is 1.57 bits per heavy atom. The predicted molar refractivity (Wildman–Crippen MR) is 51.8 cm³/mol. The number of hydrogen-bond acceptors (Lipinski definition) is 3. The number of ketones is 1. The number of azide groups is 1. The molecular formula is C9H10N4O. The largest absolute Gasteiger partial charge is 0.292 e. The lowest BCUT2D eigenvalue weighted by atomic mass is 10.1. The summed E-state index contributed by atoms with van der Waals surface area (Å²) in [4.78, 5) is 17.9. The summed E-state index contributed by atoms with van der Waals surface area (Å²) < 4.78 is 0. The zero-order valence-corrected chi connectivity index (χ0v) is 7.63. The Morgan fingerprint density at radius 2 is 2.43 bits per heavy atom. The van der Waals surface area contributed by atoms with Gasteiger partial charge in [-0.15, -0.1) is 0 Å². The molecule has 1 heterocycles. The van der Waals surface area contributed by atoms with Crippen LogP contribution in [0.25, 0.3) is 10.4 Å². The number of nitrogens with zero attached hydrogens (tertiary/aromatic N) is 4. The van der Waals surface area contributed by atoms with Gasteiger partial charge in [0.25, 0.3) is 0 Å². The van der Waals surface area contributed by atoms with Crippen molar-refractivity contribution in [1.82, 2.24) is 4.98 Å². The highest BCUT2D eigenvalue weighted by atomic mass is 16.1. The molecule has 0 unspecified atom stereocenters. The first-order chi connectivity index (χ1) is 6.84. The molecule has 0 amide bonds. The van der Waals surface area contributed by atoms with Crippen molar-refractivity contribution in [1.29, 1.82) is 0 Å². The smallest absolute Gasteiger partial charge is 0.181 e. The highest BCUT2D eigenvalue weighted by molar-refractivity contribution is 5.94. The van der Waals surface area contributed by atoms with Crippen molar-refractivity contribution in [2.45, 2.75) is 12.8 Å².